The number of fused-ring (bicyclic) bond motifs is 5. The Balaban J connectivity index is 1.34. The number of aliphatic carboxylic acids is 1. The van der Waals surface area contributed by atoms with Gasteiger partial charge in [0.15, 0.2) is 33.0 Å². The number of likely N-dealkylation sites (tertiary alicyclic amines) is 1. The van der Waals surface area contributed by atoms with Crippen LogP contribution in [0.4, 0.5) is 27.6 Å². The van der Waals surface area contributed by atoms with Gasteiger partial charge in [-0.15, -0.1) is 23.2 Å². The number of alkyl halides is 2. The van der Waals surface area contributed by atoms with Crippen molar-refractivity contribution in [1.82, 2.24) is 4.90 Å². The molecule has 17 heteroatoms. The summed E-state index contributed by atoms with van der Waals surface area (Å²) in [5.41, 5.74) is -1.04. The van der Waals surface area contributed by atoms with Crippen LogP contribution in [0.25, 0.3) is 0 Å². The lowest BCUT2D eigenvalue weighted by molar-refractivity contribution is -0.141. The number of ether oxygens (including phenoxy) is 1. The van der Waals surface area contributed by atoms with Crippen molar-refractivity contribution in [3.8, 4) is 11.5 Å². The molecule has 6 unspecified atom stereocenters. The summed E-state index contributed by atoms with van der Waals surface area (Å²) in [6, 6.07) is 4.17. The summed E-state index contributed by atoms with van der Waals surface area (Å²) in [5, 5.41) is 19.1. The summed E-state index contributed by atoms with van der Waals surface area (Å²) in [6.45, 7) is -0.0219. The number of benzene rings is 2. The van der Waals surface area contributed by atoms with E-state index < -0.39 is 104 Å². The lowest BCUT2D eigenvalue weighted by atomic mass is 9.56. The van der Waals surface area contributed by atoms with E-state index in [-0.39, 0.29) is 47.6 Å². The van der Waals surface area contributed by atoms with Crippen molar-refractivity contribution < 1.29 is 60.9 Å². The van der Waals surface area contributed by atoms with Crippen LogP contribution in [0.5, 0.6) is 11.5 Å². The van der Waals surface area contributed by atoms with E-state index >= 15 is 8.78 Å². The van der Waals surface area contributed by atoms with Gasteiger partial charge in [0, 0.05) is 30.9 Å². The minimum absolute atomic E-state index is 0.0219. The molecule has 5 aliphatic rings. The molecule has 2 aliphatic carbocycles. The summed E-state index contributed by atoms with van der Waals surface area (Å²) >= 11 is 14.3. The zero-order valence-corrected chi connectivity index (χ0v) is 28.2. The maximum Gasteiger partial charge on any atom is 0.303 e. The number of nitrogens with zero attached hydrogens (tertiary/aromatic N) is 2. The molecule has 6 atom stereocenters. The molecule has 2 N–H and O–H groups in total. The number of unbranched alkanes of at least 4 members (excludes halogenated alkanes) is 2. The molecule has 0 aromatic heterocycles. The number of carbonyl (C=O) groups excluding carboxylic acids is 4. The fourth-order valence-corrected chi connectivity index (χ4v) is 9.34. The van der Waals surface area contributed by atoms with Gasteiger partial charge in [0.25, 0.3) is 11.8 Å². The molecular weight excluding hydrogens is 742 g/mol. The Kier molecular flexibility index (Phi) is 8.68. The molecule has 274 valence electrons. The van der Waals surface area contributed by atoms with Gasteiger partial charge in [-0.25, -0.2) is 26.9 Å². The number of hydrogen-bond donors (Lipinski definition) is 2. The number of carboxylic acid groups (broad SMARTS) is 1. The second kappa shape index (κ2) is 12.6. The molecule has 0 bridgehead atoms. The van der Waals surface area contributed by atoms with Crippen LogP contribution in [-0.2, 0) is 30.4 Å². The molecular formula is C35H27Cl2F5N2O8. The maximum absolute atomic E-state index is 15.2. The number of carbonyl (C=O) groups is 5. The zero-order chi connectivity index (χ0) is 37.6. The lowest BCUT2D eigenvalue weighted by Crippen LogP contribution is -2.61. The van der Waals surface area contributed by atoms with Gasteiger partial charge in [-0.3, -0.25) is 28.9 Å². The number of allylic oxidation sites excluding steroid dienone is 3. The predicted molar refractivity (Wildman–Crippen MR) is 171 cm³/mol. The number of amides is 4. The number of phenols is 1. The van der Waals surface area contributed by atoms with Crippen LogP contribution in [0.1, 0.15) is 44.1 Å². The highest BCUT2D eigenvalue weighted by Crippen LogP contribution is 2.65. The van der Waals surface area contributed by atoms with Gasteiger partial charge in [-0.1, -0.05) is 18.1 Å². The summed E-state index contributed by atoms with van der Waals surface area (Å²) in [7, 11) is 0. The number of aromatic hydroxyl groups is 1. The molecule has 0 spiro atoms. The van der Waals surface area contributed by atoms with E-state index in [9.17, 15) is 42.3 Å². The molecule has 3 heterocycles. The minimum Gasteiger partial charge on any atom is -0.508 e. The fourth-order valence-electron chi connectivity index (χ4n) is 8.39. The average molecular weight is 770 g/mol. The Morgan fingerprint density at radius 3 is 2.25 bits per heavy atom. The Labute approximate surface area is 301 Å². The zero-order valence-electron chi connectivity index (χ0n) is 26.7. The van der Waals surface area contributed by atoms with Crippen molar-refractivity contribution in [3.63, 3.8) is 0 Å². The Morgan fingerprint density at radius 2 is 1.58 bits per heavy atom. The molecule has 7 rings (SSSR count). The first-order valence-electron chi connectivity index (χ1n) is 16.3. The monoisotopic (exact) mass is 768 g/mol. The van der Waals surface area contributed by atoms with Crippen molar-refractivity contribution in [2.24, 2.45) is 23.7 Å². The number of anilines is 1. The van der Waals surface area contributed by atoms with Gasteiger partial charge in [0.1, 0.15) is 17.2 Å². The number of carboxylic acids is 1. The summed E-state index contributed by atoms with van der Waals surface area (Å²) in [4.78, 5) is 62.7. The molecule has 1 saturated carbocycles. The Bertz CT molecular complexity index is 2030. The summed E-state index contributed by atoms with van der Waals surface area (Å²) in [6.07, 6.45) is 2.97. The van der Waals surface area contributed by atoms with E-state index in [4.69, 9.17) is 33.0 Å². The SMILES string of the molecule is O=C(O)CCCCCN1C(=O)C2CC=C3C(CC4(Cl)C(=O)N(c5c(F)c(F)c(F)c(F)c5F)C(=O)C4(Cl)C3C3=COc4ccc(O)cc4C3)C2C1=O. The molecule has 52 heavy (non-hydrogen) atoms. The standard InChI is InChI=1S/C35H27Cl2F5N2O8/c36-34-12-19-17(6-7-18-22(19)31(49)43(30(18)48)9-3-1-2-4-21(46)47)23(15-10-14-11-16(45)5-8-20(14)52-13-15)35(34,37)33(51)44(32(34)50)29-27(41)25(39)24(38)26(40)28(29)42/h5-6,8,11,13,18-19,22-23,45H,1-4,7,9-10,12H2,(H,46,47). The van der Waals surface area contributed by atoms with Crippen LogP contribution in [-0.4, -0.2) is 61.0 Å². The van der Waals surface area contributed by atoms with Gasteiger partial charge >= 0.3 is 5.97 Å². The number of rotatable bonds is 8. The molecule has 2 aromatic carbocycles. The summed E-state index contributed by atoms with van der Waals surface area (Å²) in [5.74, 6) is -22.2. The number of halogens is 7. The van der Waals surface area contributed by atoms with Gasteiger partial charge in [-0.2, -0.15) is 0 Å². The Hall–Kier alpha value is -4.50. The largest absolute Gasteiger partial charge is 0.508 e. The highest BCUT2D eigenvalue weighted by Gasteiger charge is 2.77. The van der Waals surface area contributed by atoms with Crippen LogP contribution in [0.2, 0.25) is 0 Å². The van der Waals surface area contributed by atoms with Crippen LogP contribution in [0, 0.1) is 52.8 Å². The van der Waals surface area contributed by atoms with Gasteiger partial charge in [0.05, 0.1) is 18.1 Å². The van der Waals surface area contributed by atoms with Gasteiger partial charge in [-0.05, 0) is 55.4 Å². The molecule has 4 amide bonds. The molecule has 0 radical (unpaired) electrons. The van der Waals surface area contributed by atoms with E-state index in [1.807, 2.05) is 0 Å². The Morgan fingerprint density at radius 1 is 0.904 bits per heavy atom. The lowest BCUT2D eigenvalue weighted by Gasteiger charge is -2.51. The van der Waals surface area contributed by atoms with Crippen molar-refractivity contribution in [3.05, 3.63) is 76.3 Å². The third-order valence-electron chi connectivity index (χ3n) is 10.7. The van der Waals surface area contributed by atoms with E-state index in [0.29, 0.717) is 30.6 Å². The van der Waals surface area contributed by atoms with Crippen molar-refractivity contribution in [2.45, 2.75) is 54.7 Å². The average Bonchev–Trinajstić information content (AvgIpc) is 3.43. The van der Waals surface area contributed by atoms with E-state index in [1.54, 1.807) is 6.08 Å². The predicted octanol–water partition coefficient (Wildman–Crippen LogP) is 5.65. The quantitative estimate of drug-likeness (QED) is 0.0669. The van der Waals surface area contributed by atoms with Crippen LogP contribution >= 0.6 is 23.2 Å². The number of phenolic OH excluding ortho intramolecular Hbond substituents is 1. The number of imide groups is 2. The molecule has 2 saturated heterocycles. The maximum atomic E-state index is 15.2. The first-order valence-corrected chi connectivity index (χ1v) is 17.0. The molecule has 3 fully saturated rings. The molecule has 2 aromatic rings. The van der Waals surface area contributed by atoms with E-state index in [1.165, 1.54) is 24.5 Å². The second-order valence-electron chi connectivity index (χ2n) is 13.5. The van der Waals surface area contributed by atoms with Crippen LogP contribution in [0.3, 0.4) is 0 Å². The van der Waals surface area contributed by atoms with Crippen molar-refractivity contribution in [1.29, 1.82) is 0 Å². The third kappa shape index (κ3) is 4.98. The molecule has 10 nitrogen and oxygen atoms in total. The second-order valence-corrected chi connectivity index (χ2v) is 14.7. The van der Waals surface area contributed by atoms with Gasteiger partial charge in [0.2, 0.25) is 17.6 Å². The minimum atomic E-state index is -2.69. The summed E-state index contributed by atoms with van der Waals surface area (Å²) < 4.78 is 79.2. The highest BCUT2D eigenvalue weighted by atomic mass is 35.5. The highest BCUT2D eigenvalue weighted by molar-refractivity contribution is 6.58. The smallest absolute Gasteiger partial charge is 0.303 e. The normalized spacial score (nSPS) is 29.3. The van der Waals surface area contributed by atoms with Crippen LogP contribution in [0.15, 0.2) is 41.7 Å². The van der Waals surface area contributed by atoms with E-state index in [0.717, 1.165) is 4.90 Å². The van der Waals surface area contributed by atoms with Gasteiger partial charge < -0.3 is 14.9 Å². The van der Waals surface area contributed by atoms with Crippen LogP contribution < -0.4 is 9.64 Å². The fraction of sp³-hybridized carbons (Fsp3) is 0.400. The van der Waals surface area contributed by atoms with Crippen molar-refractivity contribution in [2.75, 3.05) is 11.4 Å². The third-order valence-corrected chi connectivity index (χ3v) is 12.1. The number of hydrogen-bond acceptors (Lipinski definition) is 7. The molecule has 3 aliphatic heterocycles. The first kappa shape index (κ1) is 35.9. The first-order chi connectivity index (χ1) is 24.5. The van der Waals surface area contributed by atoms with E-state index in [2.05, 4.69) is 0 Å². The van der Waals surface area contributed by atoms with Crippen molar-refractivity contribution >= 4 is 58.5 Å². The topological polar surface area (TPSA) is 142 Å².